The predicted molar refractivity (Wildman–Crippen MR) is 86.1 cm³/mol. The Morgan fingerprint density at radius 1 is 1.12 bits per heavy atom. The highest BCUT2D eigenvalue weighted by molar-refractivity contribution is 5.81. The van der Waals surface area contributed by atoms with Gasteiger partial charge in [0.25, 0.3) is 5.91 Å². The second kappa shape index (κ2) is 7.69. The van der Waals surface area contributed by atoms with Crippen molar-refractivity contribution in [3.05, 3.63) is 69.8 Å². The molecule has 132 valence electrons. The average Bonchev–Trinajstić information content (AvgIpc) is 2.55. The number of nitrogens with one attached hydrogen (secondary N) is 1. The van der Waals surface area contributed by atoms with Crippen LogP contribution in [0.1, 0.15) is 25.5 Å². The Bertz CT molecular complexity index is 781. The third-order valence-corrected chi connectivity index (χ3v) is 3.52. The van der Waals surface area contributed by atoms with Gasteiger partial charge in [0.1, 0.15) is 11.6 Å². The molecule has 0 fully saturated rings. The lowest BCUT2D eigenvalue weighted by Crippen LogP contribution is -2.37. The van der Waals surface area contributed by atoms with Crippen LogP contribution in [0.4, 0.5) is 14.5 Å². The standard InChI is InChI=1S/C17H16F2N2O4/c1-10(12-3-5-13(18)6-4-12)20-17(22)11(2)25-16-9-14(19)7-8-15(16)21(23)24/h3-11H,1-2H3,(H,20,22)/t10-,11+/m1/s1. The van der Waals surface area contributed by atoms with E-state index in [-0.39, 0.29) is 5.75 Å². The van der Waals surface area contributed by atoms with Gasteiger partial charge in [0.05, 0.1) is 11.0 Å². The van der Waals surface area contributed by atoms with Crippen LogP contribution in [0.2, 0.25) is 0 Å². The molecule has 2 aromatic rings. The minimum atomic E-state index is -1.09. The molecule has 0 heterocycles. The Hall–Kier alpha value is -3.03. The summed E-state index contributed by atoms with van der Waals surface area (Å²) < 4.78 is 31.5. The molecule has 0 aliphatic rings. The first-order valence-electron chi connectivity index (χ1n) is 7.44. The maximum Gasteiger partial charge on any atom is 0.311 e. The molecule has 0 unspecified atom stereocenters. The van der Waals surface area contributed by atoms with Crippen molar-refractivity contribution in [3.63, 3.8) is 0 Å². The maximum atomic E-state index is 13.3. The van der Waals surface area contributed by atoms with Crippen molar-refractivity contribution in [2.75, 3.05) is 0 Å². The van der Waals surface area contributed by atoms with E-state index in [0.717, 1.165) is 18.2 Å². The first kappa shape index (κ1) is 18.3. The first-order valence-corrected chi connectivity index (χ1v) is 7.44. The van der Waals surface area contributed by atoms with Crippen LogP contribution in [-0.4, -0.2) is 16.9 Å². The van der Waals surface area contributed by atoms with E-state index in [1.807, 2.05) is 0 Å². The summed E-state index contributed by atoms with van der Waals surface area (Å²) in [6.45, 7) is 3.09. The van der Waals surface area contributed by atoms with E-state index >= 15 is 0 Å². The molecule has 0 saturated carbocycles. The summed E-state index contributed by atoms with van der Waals surface area (Å²) in [5.74, 6) is -1.98. The van der Waals surface area contributed by atoms with Gasteiger partial charge in [0.2, 0.25) is 5.75 Å². The van der Waals surface area contributed by atoms with E-state index in [1.54, 1.807) is 6.92 Å². The van der Waals surface area contributed by atoms with Crippen molar-refractivity contribution in [3.8, 4) is 5.75 Å². The molecule has 0 aromatic heterocycles. The van der Waals surface area contributed by atoms with E-state index in [9.17, 15) is 23.7 Å². The Morgan fingerprint density at radius 2 is 1.72 bits per heavy atom. The number of nitro benzene ring substituents is 1. The van der Waals surface area contributed by atoms with Crippen LogP contribution in [0.3, 0.4) is 0 Å². The van der Waals surface area contributed by atoms with Gasteiger partial charge in [-0.25, -0.2) is 8.78 Å². The van der Waals surface area contributed by atoms with Crippen LogP contribution >= 0.6 is 0 Å². The highest BCUT2D eigenvalue weighted by Gasteiger charge is 2.23. The number of ether oxygens (including phenoxy) is 1. The van der Waals surface area contributed by atoms with Gasteiger partial charge in [0.15, 0.2) is 6.10 Å². The third-order valence-electron chi connectivity index (χ3n) is 3.52. The molecule has 0 spiro atoms. The number of amides is 1. The van der Waals surface area contributed by atoms with Crippen LogP contribution in [0, 0.1) is 21.7 Å². The van der Waals surface area contributed by atoms with Gasteiger partial charge in [-0.15, -0.1) is 0 Å². The lowest BCUT2D eigenvalue weighted by molar-refractivity contribution is -0.386. The molecule has 1 amide bonds. The van der Waals surface area contributed by atoms with Gasteiger partial charge in [-0.1, -0.05) is 12.1 Å². The molecule has 25 heavy (non-hydrogen) atoms. The Labute approximate surface area is 142 Å². The van der Waals surface area contributed by atoms with E-state index in [1.165, 1.54) is 31.2 Å². The Morgan fingerprint density at radius 3 is 2.32 bits per heavy atom. The van der Waals surface area contributed by atoms with Crippen molar-refractivity contribution < 1.29 is 23.2 Å². The highest BCUT2D eigenvalue weighted by atomic mass is 19.1. The summed E-state index contributed by atoms with van der Waals surface area (Å²) in [5.41, 5.74) is 0.242. The smallest absolute Gasteiger partial charge is 0.311 e. The van der Waals surface area contributed by atoms with Gasteiger partial charge < -0.3 is 10.1 Å². The van der Waals surface area contributed by atoms with E-state index < -0.39 is 40.3 Å². The molecule has 2 atom stereocenters. The quantitative estimate of drug-likeness (QED) is 0.638. The third kappa shape index (κ3) is 4.72. The molecule has 6 nitrogen and oxygen atoms in total. The normalized spacial score (nSPS) is 13.0. The predicted octanol–water partition coefficient (Wildman–Crippen LogP) is 3.52. The zero-order chi connectivity index (χ0) is 18.6. The van der Waals surface area contributed by atoms with Crippen LogP contribution in [-0.2, 0) is 4.79 Å². The maximum absolute atomic E-state index is 13.3. The summed E-state index contributed by atoms with van der Waals surface area (Å²) in [6.07, 6.45) is -1.09. The van der Waals surface area contributed by atoms with Crippen molar-refractivity contribution in [2.45, 2.75) is 26.0 Å². The summed E-state index contributed by atoms with van der Waals surface area (Å²) >= 11 is 0. The summed E-state index contributed by atoms with van der Waals surface area (Å²) in [7, 11) is 0. The van der Waals surface area contributed by atoms with Crippen molar-refractivity contribution in [2.24, 2.45) is 0 Å². The summed E-state index contributed by atoms with van der Waals surface area (Å²) in [4.78, 5) is 22.4. The molecule has 2 rings (SSSR count). The van der Waals surface area contributed by atoms with Crippen LogP contribution in [0.15, 0.2) is 42.5 Å². The van der Waals surface area contributed by atoms with Crippen molar-refractivity contribution in [1.29, 1.82) is 0 Å². The van der Waals surface area contributed by atoms with Gasteiger partial charge >= 0.3 is 5.69 Å². The molecular weight excluding hydrogens is 334 g/mol. The fourth-order valence-corrected chi connectivity index (χ4v) is 2.14. The molecular formula is C17H16F2N2O4. The molecule has 8 heteroatoms. The lowest BCUT2D eigenvalue weighted by atomic mass is 10.1. The van der Waals surface area contributed by atoms with E-state index in [2.05, 4.69) is 5.32 Å². The van der Waals surface area contributed by atoms with E-state index in [0.29, 0.717) is 5.56 Å². The largest absolute Gasteiger partial charge is 0.474 e. The second-order valence-electron chi connectivity index (χ2n) is 5.41. The molecule has 0 bridgehead atoms. The van der Waals surface area contributed by atoms with Gasteiger partial charge in [-0.05, 0) is 37.6 Å². The summed E-state index contributed by atoms with van der Waals surface area (Å²) in [5, 5.41) is 13.6. The molecule has 0 aliphatic heterocycles. The molecule has 1 N–H and O–H groups in total. The van der Waals surface area contributed by atoms with E-state index in [4.69, 9.17) is 4.74 Å². The van der Waals surface area contributed by atoms with Gasteiger partial charge in [0, 0.05) is 12.1 Å². The number of hydrogen-bond donors (Lipinski definition) is 1. The minimum absolute atomic E-state index is 0.331. The van der Waals surface area contributed by atoms with Crippen molar-refractivity contribution in [1.82, 2.24) is 5.32 Å². The highest BCUT2D eigenvalue weighted by Crippen LogP contribution is 2.28. The number of nitro groups is 1. The Balaban J connectivity index is 2.06. The number of halogens is 2. The van der Waals surface area contributed by atoms with Crippen LogP contribution < -0.4 is 10.1 Å². The number of rotatable bonds is 6. The number of nitrogens with zero attached hydrogens (tertiary/aromatic N) is 1. The molecule has 0 radical (unpaired) electrons. The van der Waals surface area contributed by atoms with Crippen molar-refractivity contribution >= 4 is 11.6 Å². The number of benzene rings is 2. The summed E-state index contributed by atoms with van der Waals surface area (Å²) in [6, 6.07) is 7.93. The van der Waals surface area contributed by atoms with Crippen LogP contribution in [0.5, 0.6) is 5.75 Å². The topological polar surface area (TPSA) is 81.5 Å². The number of carbonyl (C=O) groups excluding carboxylic acids is 1. The molecule has 2 aromatic carbocycles. The van der Waals surface area contributed by atoms with Gasteiger partial charge in [-0.3, -0.25) is 14.9 Å². The second-order valence-corrected chi connectivity index (χ2v) is 5.41. The monoisotopic (exact) mass is 350 g/mol. The lowest BCUT2D eigenvalue weighted by Gasteiger charge is -2.19. The Kier molecular flexibility index (Phi) is 5.63. The SMILES string of the molecule is C[C@H](Oc1cc(F)ccc1[N+](=O)[O-])C(=O)N[C@H](C)c1ccc(F)cc1. The van der Waals surface area contributed by atoms with Crippen LogP contribution in [0.25, 0.3) is 0 Å². The minimum Gasteiger partial charge on any atom is -0.474 e. The molecule has 0 saturated heterocycles. The zero-order valence-electron chi connectivity index (χ0n) is 13.5. The number of carbonyl (C=O) groups is 1. The molecule has 0 aliphatic carbocycles. The van der Waals surface area contributed by atoms with Gasteiger partial charge in [-0.2, -0.15) is 0 Å². The first-order chi connectivity index (χ1) is 11.8. The fourth-order valence-electron chi connectivity index (χ4n) is 2.14. The zero-order valence-corrected chi connectivity index (χ0v) is 13.5. The fraction of sp³-hybridized carbons (Fsp3) is 0.235. The number of hydrogen-bond acceptors (Lipinski definition) is 4. The average molecular weight is 350 g/mol.